The Morgan fingerprint density at radius 3 is 2.71 bits per heavy atom. The Bertz CT molecular complexity index is 350. The molecule has 0 bridgehead atoms. The maximum absolute atomic E-state index is 11.2. The van der Waals surface area contributed by atoms with Crippen molar-refractivity contribution in [1.82, 2.24) is 4.98 Å². The number of pyridine rings is 1. The van der Waals surface area contributed by atoms with E-state index in [0.29, 0.717) is 18.8 Å². The molecule has 0 aliphatic heterocycles. The third kappa shape index (κ3) is 4.50. The highest BCUT2D eigenvalue weighted by Crippen LogP contribution is 2.04. The lowest BCUT2D eigenvalue weighted by Crippen LogP contribution is -2.15. The number of carbonyl (C=O) groups excluding carboxylic acids is 1. The maximum Gasteiger partial charge on any atom is 0.339 e. The van der Waals surface area contributed by atoms with Crippen molar-refractivity contribution in [2.24, 2.45) is 0 Å². The number of aromatic nitrogens is 1. The van der Waals surface area contributed by atoms with Gasteiger partial charge in [0.15, 0.2) is 0 Å². The molecule has 5 nitrogen and oxygen atoms in total. The zero-order chi connectivity index (χ0) is 12.7. The lowest BCUT2D eigenvalue weighted by atomic mass is 10.2. The second-order valence-electron chi connectivity index (χ2n) is 3.61. The zero-order valence-electron chi connectivity index (χ0n) is 10.3. The van der Waals surface area contributed by atoms with Crippen LogP contribution in [0.3, 0.4) is 0 Å². The minimum absolute atomic E-state index is 0.0158. The molecule has 1 rings (SSSR count). The number of hydrogen-bond acceptors (Lipinski definition) is 5. The van der Waals surface area contributed by atoms with E-state index in [1.807, 2.05) is 6.92 Å². The average molecular weight is 239 g/mol. The first kappa shape index (κ1) is 13.6. The van der Waals surface area contributed by atoms with E-state index in [-0.39, 0.29) is 6.10 Å². The van der Waals surface area contributed by atoms with E-state index in [1.165, 1.54) is 13.3 Å². The van der Waals surface area contributed by atoms with Crippen LogP contribution in [0, 0.1) is 0 Å². The number of hydrogen-bond donors (Lipinski definition) is 0. The Hall–Kier alpha value is -1.46. The fraction of sp³-hybridized carbons (Fsp3) is 0.500. The first-order valence-electron chi connectivity index (χ1n) is 5.31. The van der Waals surface area contributed by atoms with Gasteiger partial charge in [-0.05, 0) is 19.1 Å². The van der Waals surface area contributed by atoms with Crippen molar-refractivity contribution in [1.29, 1.82) is 0 Å². The van der Waals surface area contributed by atoms with Crippen LogP contribution in [0.5, 0.6) is 0 Å². The van der Waals surface area contributed by atoms with Crippen LogP contribution < -0.4 is 0 Å². The number of rotatable bonds is 6. The fourth-order valence-electron chi connectivity index (χ4n) is 1.26. The van der Waals surface area contributed by atoms with Crippen molar-refractivity contribution in [3.05, 3.63) is 29.6 Å². The quantitative estimate of drug-likeness (QED) is 0.703. The molecular formula is C12H17NO4. The van der Waals surface area contributed by atoms with Crippen LogP contribution in [0.25, 0.3) is 0 Å². The Morgan fingerprint density at radius 1 is 1.41 bits per heavy atom. The van der Waals surface area contributed by atoms with Gasteiger partial charge in [-0.3, -0.25) is 4.98 Å². The standard InChI is InChI=1S/C12H17NO4/c1-9(7-15-2)17-8-11-5-4-10(6-13-11)12(14)16-3/h4-6,9H,7-8H2,1-3H3. The summed E-state index contributed by atoms with van der Waals surface area (Å²) in [4.78, 5) is 15.3. The summed E-state index contributed by atoms with van der Waals surface area (Å²) in [5.74, 6) is -0.391. The monoisotopic (exact) mass is 239 g/mol. The van der Waals surface area contributed by atoms with Gasteiger partial charge in [0.1, 0.15) is 0 Å². The first-order valence-corrected chi connectivity index (χ1v) is 5.31. The van der Waals surface area contributed by atoms with Crippen LogP contribution in [0.1, 0.15) is 23.0 Å². The molecule has 94 valence electrons. The predicted octanol–water partition coefficient (Wildman–Crippen LogP) is 1.42. The van der Waals surface area contributed by atoms with E-state index in [2.05, 4.69) is 9.72 Å². The molecule has 0 amide bonds. The van der Waals surface area contributed by atoms with E-state index in [1.54, 1.807) is 19.2 Å². The molecule has 1 unspecified atom stereocenters. The molecule has 0 saturated heterocycles. The molecule has 0 aliphatic carbocycles. The van der Waals surface area contributed by atoms with Crippen molar-refractivity contribution in [2.75, 3.05) is 20.8 Å². The molecule has 17 heavy (non-hydrogen) atoms. The maximum atomic E-state index is 11.2. The number of methoxy groups -OCH3 is 2. The van der Waals surface area contributed by atoms with Crippen LogP contribution in [0.4, 0.5) is 0 Å². The molecule has 0 saturated carbocycles. The molecule has 0 N–H and O–H groups in total. The largest absolute Gasteiger partial charge is 0.465 e. The number of nitrogens with zero attached hydrogens (tertiary/aromatic N) is 1. The summed E-state index contributed by atoms with van der Waals surface area (Å²) in [7, 11) is 2.97. The number of ether oxygens (including phenoxy) is 3. The van der Waals surface area contributed by atoms with E-state index in [9.17, 15) is 4.79 Å². The Kier molecular flexibility index (Phi) is 5.59. The normalized spacial score (nSPS) is 12.2. The van der Waals surface area contributed by atoms with Crippen LogP contribution in [0.15, 0.2) is 18.3 Å². The summed E-state index contributed by atoms with van der Waals surface area (Å²) in [6, 6.07) is 3.41. The van der Waals surface area contributed by atoms with E-state index >= 15 is 0 Å². The average Bonchev–Trinajstić information content (AvgIpc) is 2.36. The van der Waals surface area contributed by atoms with E-state index in [4.69, 9.17) is 9.47 Å². The minimum atomic E-state index is -0.391. The van der Waals surface area contributed by atoms with Crippen LogP contribution in [-0.4, -0.2) is 37.9 Å². The summed E-state index contributed by atoms with van der Waals surface area (Å²) in [5.41, 5.74) is 1.20. The van der Waals surface area contributed by atoms with Gasteiger partial charge in [0, 0.05) is 13.3 Å². The summed E-state index contributed by atoms with van der Waals surface area (Å²) < 4.78 is 15.0. The first-order chi connectivity index (χ1) is 8.17. The lowest BCUT2D eigenvalue weighted by Gasteiger charge is -2.11. The highest BCUT2D eigenvalue weighted by atomic mass is 16.5. The van der Waals surface area contributed by atoms with E-state index < -0.39 is 5.97 Å². The Labute approximate surface area is 101 Å². The molecule has 0 radical (unpaired) electrons. The molecule has 0 spiro atoms. The minimum Gasteiger partial charge on any atom is -0.465 e. The Morgan fingerprint density at radius 2 is 2.18 bits per heavy atom. The molecular weight excluding hydrogens is 222 g/mol. The van der Waals surface area contributed by atoms with Crippen molar-refractivity contribution in [3.8, 4) is 0 Å². The van der Waals surface area contributed by atoms with Crippen molar-refractivity contribution in [3.63, 3.8) is 0 Å². The van der Waals surface area contributed by atoms with Crippen LogP contribution in [0.2, 0.25) is 0 Å². The van der Waals surface area contributed by atoms with Gasteiger partial charge in [-0.15, -0.1) is 0 Å². The third-order valence-corrected chi connectivity index (χ3v) is 2.16. The highest BCUT2D eigenvalue weighted by molar-refractivity contribution is 5.88. The molecule has 1 heterocycles. The number of carbonyl (C=O) groups is 1. The summed E-state index contributed by atoms with van der Waals surface area (Å²) in [5, 5.41) is 0. The van der Waals surface area contributed by atoms with Gasteiger partial charge in [-0.1, -0.05) is 0 Å². The van der Waals surface area contributed by atoms with Gasteiger partial charge in [0.05, 0.1) is 37.7 Å². The topological polar surface area (TPSA) is 57.7 Å². The van der Waals surface area contributed by atoms with Gasteiger partial charge < -0.3 is 14.2 Å². The third-order valence-electron chi connectivity index (χ3n) is 2.16. The van der Waals surface area contributed by atoms with E-state index in [0.717, 1.165) is 5.69 Å². The summed E-state index contributed by atoms with van der Waals surface area (Å²) in [6.07, 6.45) is 1.49. The highest BCUT2D eigenvalue weighted by Gasteiger charge is 2.06. The molecule has 5 heteroatoms. The number of esters is 1. The van der Waals surface area contributed by atoms with Gasteiger partial charge in [-0.25, -0.2) is 4.79 Å². The zero-order valence-corrected chi connectivity index (χ0v) is 10.3. The van der Waals surface area contributed by atoms with Gasteiger partial charge in [-0.2, -0.15) is 0 Å². The SMILES string of the molecule is COCC(C)OCc1ccc(C(=O)OC)cn1. The van der Waals surface area contributed by atoms with Crippen molar-refractivity contribution >= 4 is 5.97 Å². The molecule has 1 aromatic heterocycles. The van der Waals surface area contributed by atoms with Crippen molar-refractivity contribution < 1.29 is 19.0 Å². The molecule has 0 aromatic carbocycles. The Balaban J connectivity index is 2.48. The second-order valence-corrected chi connectivity index (χ2v) is 3.61. The van der Waals surface area contributed by atoms with Gasteiger partial charge in [0.2, 0.25) is 0 Å². The molecule has 0 fully saturated rings. The smallest absolute Gasteiger partial charge is 0.339 e. The lowest BCUT2D eigenvalue weighted by molar-refractivity contribution is -0.00138. The molecule has 0 aliphatic rings. The summed E-state index contributed by atoms with van der Waals surface area (Å²) in [6.45, 7) is 2.86. The van der Waals surface area contributed by atoms with Crippen LogP contribution >= 0.6 is 0 Å². The molecule has 1 atom stereocenters. The predicted molar refractivity (Wildman–Crippen MR) is 61.7 cm³/mol. The van der Waals surface area contributed by atoms with Crippen LogP contribution in [-0.2, 0) is 20.8 Å². The summed E-state index contributed by atoms with van der Waals surface area (Å²) >= 11 is 0. The molecule has 1 aromatic rings. The fourth-order valence-corrected chi connectivity index (χ4v) is 1.26. The van der Waals surface area contributed by atoms with Crippen molar-refractivity contribution in [2.45, 2.75) is 19.6 Å². The van der Waals surface area contributed by atoms with Gasteiger partial charge in [0.25, 0.3) is 0 Å². The van der Waals surface area contributed by atoms with Gasteiger partial charge >= 0.3 is 5.97 Å². The second kappa shape index (κ2) is 6.98.